The first kappa shape index (κ1) is 13.3. The zero-order valence-corrected chi connectivity index (χ0v) is 11.0. The van der Waals surface area contributed by atoms with Gasteiger partial charge in [0, 0.05) is 22.7 Å². The van der Waals surface area contributed by atoms with Gasteiger partial charge in [-0.05, 0) is 11.5 Å². The summed E-state index contributed by atoms with van der Waals surface area (Å²) in [4.78, 5) is 19.7. The van der Waals surface area contributed by atoms with Crippen molar-refractivity contribution in [2.24, 2.45) is 0 Å². The maximum Gasteiger partial charge on any atom is 0.207 e. The Labute approximate surface area is 104 Å². The van der Waals surface area contributed by atoms with Crippen LogP contribution in [-0.2, 0) is 0 Å². The maximum atomic E-state index is 11.8. The van der Waals surface area contributed by atoms with Crippen molar-refractivity contribution in [1.82, 2.24) is 9.97 Å². The summed E-state index contributed by atoms with van der Waals surface area (Å²) in [7, 11) is 0. The van der Waals surface area contributed by atoms with Crippen molar-refractivity contribution in [2.75, 3.05) is 11.5 Å². The lowest BCUT2D eigenvalue weighted by Crippen LogP contribution is -1.99. The van der Waals surface area contributed by atoms with Crippen LogP contribution in [-0.4, -0.2) is 27.3 Å². The lowest BCUT2D eigenvalue weighted by molar-refractivity contribution is 0.104. The van der Waals surface area contributed by atoms with E-state index in [1.54, 1.807) is 35.8 Å². The predicted octanol–water partition coefficient (Wildman–Crippen LogP) is 3.01. The van der Waals surface area contributed by atoms with Gasteiger partial charge in [-0.25, -0.2) is 4.98 Å². The second kappa shape index (κ2) is 7.46. The Morgan fingerprint density at radius 3 is 2.50 bits per heavy atom. The fraction of sp³-hybridized carbons (Fsp3) is 0.364. The molecule has 0 fully saturated rings. The van der Waals surface area contributed by atoms with Gasteiger partial charge >= 0.3 is 0 Å². The van der Waals surface area contributed by atoms with Crippen LogP contribution in [0, 0.1) is 0 Å². The molecule has 3 nitrogen and oxygen atoms in total. The molecule has 0 N–H and O–H groups in total. The van der Waals surface area contributed by atoms with Crippen LogP contribution in [0.1, 0.15) is 24.3 Å². The summed E-state index contributed by atoms with van der Waals surface area (Å²) < 4.78 is 1.04. The van der Waals surface area contributed by atoms with Gasteiger partial charge in [0.25, 0.3) is 0 Å². The number of hydrogen-bond donors (Lipinski definition) is 0. The van der Waals surface area contributed by atoms with Crippen LogP contribution in [0.2, 0.25) is 0 Å². The van der Waals surface area contributed by atoms with Crippen LogP contribution in [0.25, 0.3) is 0 Å². The maximum absolute atomic E-state index is 11.8. The molecule has 0 radical (unpaired) electrons. The average Bonchev–Trinajstić information content (AvgIpc) is 2.31. The molecule has 0 atom stereocenters. The third kappa shape index (κ3) is 4.37. The number of allylic oxidation sites excluding steroid dienone is 1. The molecule has 0 bridgehead atoms. The van der Waals surface area contributed by atoms with Gasteiger partial charge in [0.15, 0.2) is 0 Å². The van der Waals surface area contributed by atoms with Crippen molar-refractivity contribution in [3.05, 3.63) is 34.6 Å². The molecule has 1 aromatic heterocycles. The predicted molar refractivity (Wildman–Crippen MR) is 70.7 cm³/mol. The van der Waals surface area contributed by atoms with E-state index < -0.39 is 0 Å². The minimum Gasteiger partial charge on any atom is -0.287 e. The van der Waals surface area contributed by atoms with E-state index in [1.165, 1.54) is 12.4 Å². The fourth-order valence-electron chi connectivity index (χ4n) is 1.02. The highest BCUT2D eigenvalue weighted by atomic mass is 32.2. The van der Waals surface area contributed by atoms with Crippen LogP contribution in [0.3, 0.4) is 0 Å². The van der Waals surface area contributed by atoms with Crippen LogP contribution < -0.4 is 0 Å². The second-order valence-corrected chi connectivity index (χ2v) is 5.65. The smallest absolute Gasteiger partial charge is 0.207 e. The van der Waals surface area contributed by atoms with Gasteiger partial charge in [-0.15, -0.1) is 23.5 Å². The van der Waals surface area contributed by atoms with Crippen molar-refractivity contribution in [2.45, 2.75) is 13.8 Å². The molecule has 0 saturated heterocycles. The van der Waals surface area contributed by atoms with Gasteiger partial charge in [-0.1, -0.05) is 13.8 Å². The Balaban J connectivity index is 2.76. The molecule has 0 unspecified atom stereocenters. The summed E-state index contributed by atoms with van der Waals surface area (Å²) in [6.45, 7) is 4.14. The average molecular weight is 254 g/mol. The van der Waals surface area contributed by atoms with E-state index in [1.807, 2.05) is 0 Å². The molecule has 0 aliphatic heterocycles. The number of ketones is 1. The second-order valence-electron chi connectivity index (χ2n) is 2.78. The molecule has 0 spiro atoms. The van der Waals surface area contributed by atoms with E-state index in [4.69, 9.17) is 0 Å². The first-order chi connectivity index (χ1) is 7.77. The highest BCUT2D eigenvalue weighted by molar-refractivity contribution is 8.22. The van der Waals surface area contributed by atoms with E-state index in [-0.39, 0.29) is 5.78 Å². The lowest BCUT2D eigenvalue weighted by Gasteiger charge is -2.02. The first-order valence-corrected chi connectivity index (χ1v) is 7.02. The molecular formula is C11H14N2OS2. The number of hydrogen-bond acceptors (Lipinski definition) is 5. The normalized spacial score (nSPS) is 9.88. The Morgan fingerprint density at radius 1 is 1.31 bits per heavy atom. The zero-order valence-electron chi connectivity index (χ0n) is 9.34. The van der Waals surface area contributed by atoms with Crippen LogP contribution in [0.15, 0.2) is 28.9 Å². The van der Waals surface area contributed by atoms with Crippen LogP contribution >= 0.6 is 23.5 Å². The van der Waals surface area contributed by atoms with Gasteiger partial charge < -0.3 is 0 Å². The lowest BCUT2D eigenvalue weighted by atomic mass is 10.3. The zero-order chi connectivity index (χ0) is 11.8. The van der Waals surface area contributed by atoms with Gasteiger partial charge in [0.2, 0.25) is 5.78 Å². The van der Waals surface area contributed by atoms with Crippen LogP contribution in [0.5, 0.6) is 0 Å². The molecule has 0 amide bonds. The summed E-state index contributed by atoms with van der Waals surface area (Å²) in [6, 6.07) is 0. The minimum atomic E-state index is -0.0787. The Morgan fingerprint density at radius 2 is 2.00 bits per heavy atom. The first-order valence-electron chi connectivity index (χ1n) is 5.05. The van der Waals surface area contributed by atoms with E-state index in [0.29, 0.717) is 5.69 Å². The van der Waals surface area contributed by atoms with Crippen molar-refractivity contribution < 1.29 is 4.79 Å². The Bertz CT molecular complexity index is 358. The standard InChI is InChI=1S/C11H14N2OS2/c1-3-15-11(16-4-2)7-10(14)9-8-12-5-6-13-9/h5-8H,3-4H2,1-2H3. The summed E-state index contributed by atoms with van der Waals surface area (Å²) in [5.74, 6) is 1.85. The van der Waals surface area contributed by atoms with Gasteiger partial charge in [-0.2, -0.15) is 0 Å². The molecule has 1 aromatic rings. The minimum absolute atomic E-state index is 0.0787. The number of aromatic nitrogens is 2. The quantitative estimate of drug-likeness (QED) is 0.576. The van der Waals surface area contributed by atoms with E-state index in [0.717, 1.165) is 15.7 Å². The molecule has 0 aromatic carbocycles. The number of thioether (sulfide) groups is 2. The highest BCUT2D eigenvalue weighted by Gasteiger charge is 2.06. The van der Waals surface area contributed by atoms with Crippen molar-refractivity contribution >= 4 is 29.3 Å². The van der Waals surface area contributed by atoms with E-state index >= 15 is 0 Å². The molecule has 1 heterocycles. The molecule has 0 aliphatic rings. The van der Waals surface area contributed by atoms with Crippen LogP contribution in [0.4, 0.5) is 0 Å². The molecule has 0 saturated carbocycles. The molecule has 16 heavy (non-hydrogen) atoms. The Kier molecular flexibility index (Phi) is 6.18. The summed E-state index contributed by atoms with van der Waals surface area (Å²) in [5.41, 5.74) is 0.397. The van der Waals surface area contributed by atoms with Gasteiger partial charge in [-0.3, -0.25) is 9.78 Å². The van der Waals surface area contributed by atoms with E-state index in [9.17, 15) is 4.79 Å². The largest absolute Gasteiger partial charge is 0.287 e. The molecule has 0 aliphatic carbocycles. The van der Waals surface area contributed by atoms with Gasteiger partial charge in [0.05, 0.1) is 6.20 Å². The summed E-state index contributed by atoms with van der Waals surface area (Å²) >= 11 is 3.36. The number of carbonyl (C=O) groups excluding carboxylic acids is 1. The number of carbonyl (C=O) groups is 1. The summed E-state index contributed by atoms with van der Waals surface area (Å²) in [6.07, 6.45) is 6.22. The number of rotatable bonds is 6. The molecule has 5 heteroatoms. The number of nitrogens with zero attached hydrogens (tertiary/aromatic N) is 2. The molecule has 1 rings (SSSR count). The van der Waals surface area contributed by atoms with Gasteiger partial charge in [0.1, 0.15) is 5.69 Å². The summed E-state index contributed by atoms with van der Waals surface area (Å²) in [5, 5.41) is 0. The third-order valence-electron chi connectivity index (χ3n) is 1.64. The fourth-order valence-corrected chi connectivity index (χ4v) is 3.01. The highest BCUT2D eigenvalue weighted by Crippen LogP contribution is 2.28. The SMILES string of the molecule is CCSC(=CC(=O)c1cnccn1)SCC. The van der Waals surface area contributed by atoms with Crippen molar-refractivity contribution in [3.63, 3.8) is 0 Å². The third-order valence-corrected chi connectivity index (χ3v) is 3.73. The Hall–Kier alpha value is -0.810. The topological polar surface area (TPSA) is 42.9 Å². The molecular weight excluding hydrogens is 240 g/mol. The van der Waals surface area contributed by atoms with E-state index in [2.05, 4.69) is 23.8 Å². The van der Waals surface area contributed by atoms with Crippen molar-refractivity contribution in [1.29, 1.82) is 0 Å². The molecule has 86 valence electrons. The monoisotopic (exact) mass is 254 g/mol. The van der Waals surface area contributed by atoms with Crippen molar-refractivity contribution in [3.8, 4) is 0 Å².